The van der Waals surface area contributed by atoms with Crippen LogP contribution in [0.1, 0.15) is 11.1 Å². The molecule has 0 nitrogen and oxygen atoms in total. The molecule has 20 heavy (non-hydrogen) atoms. The molecule has 102 valence electrons. The second-order valence-electron chi connectivity index (χ2n) is 4.09. The highest BCUT2D eigenvalue weighted by Gasteiger charge is 2.04. The predicted molar refractivity (Wildman–Crippen MR) is 81.1 cm³/mol. The second kappa shape index (κ2) is 6.69. The summed E-state index contributed by atoms with van der Waals surface area (Å²) in [5.41, 5.74) is 1.07. The first-order chi connectivity index (χ1) is 9.54. The van der Waals surface area contributed by atoms with E-state index in [-0.39, 0.29) is 0 Å². The smallest absolute Gasteiger partial charge is 0.159 e. The predicted octanol–water partition coefficient (Wildman–Crippen LogP) is 6.31. The van der Waals surface area contributed by atoms with Gasteiger partial charge in [0.25, 0.3) is 0 Å². The molecule has 0 unspecified atom stereocenters. The van der Waals surface area contributed by atoms with Crippen LogP contribution in [0.3, 0.4) is 0 Å². The van der Waals surface area contributed by atoms with Crippen LogP contribution in [0, 0.1) is 0 Å². The summed E-state index contributed by atoms with van der Waals surface area (Å²) in [6.45, 7) is 0. The molecule has 2 aromatic rings. The Morgan fingerprint density at radius 1 is 0.650 bits per heavy atom. The molecule has 0 atom stereocenters. The molecule has 0 spiro atoms. The summed E-state index contributed by atoms with van der Waals surface area (Å²) in [6, 6.07) is 12.9. The van der Waals surface area contributed by atoms with Crippen LogP contribution in [0.25, 0.3) is 12.2 Å². The molecule has 0 heterocycles. The van der Waals surface area contributed by atoms with Crippen molar-refractivity contribution in [2.24, 2.45) is 0 Å². The molecule has 4 heteroatoms. The van der Waals surface area contributed by atoms with Crippen LogP contribution < -0.4 is 0 Å². The molecule has 0 aliphatic heterocycles. The van der Waals surface area contributed by atoms with Gasteiger partial charge in [0.1, 0.15) is 0 Å². The lowest BCUT2D eigenvalue weighted by molar-refractivity contribution is 0.555. The highest BCUT2D eigenvalue weighted by atomic mass is 35.5. The number of rotatable bonds is 3. The van der Waals surface area contributed by atoms with E-state index in [2.05, 4.69) is 0 Å². The molecule has 0 N–H and O–H groups in total. The summed E-state index contributed by atoms with van der Waals surface area (Å²) < 4.78 is 27.4. The molecule has 0 amide bonds. The van der Waals surface area contributed by atoms with E-state index in [0.29, 0.717) is 21.2 Å². The van der Waals surface area contributed by atoms with Crippen LogP contribution in [0.5, 0.6) is 0 Å². The molecule has 0 saturated carbocycles. The summed E-state index contributed by atoms with van der Waals surface area (Å²) in [6.07, 6.45) is 2.22. The fourth-order valence-corrected chi connectivity index (χ4v) is 1.80. The Morgan fingerprint density at radius 3 is 1.25 bits per heavy atom. The van der Waals surface area contributed by atoms with Crippen molar-refractivity contribution in [1.82, 2.24) is 0 Å². The van der Waals surface area contributed by atoms with Gasteiger partial charge in [-0.2, -0.15) is 0 Å². The number of benzene rings is 2. The molecule has 0 fully saturated rings. The Morgan fingerprint density at radius 2 is 0.950 bits per heavy atom. The van der Waals surface area contributed by atoms with E-state index in [9.17, 15) is 8.78 Å². The average molecular weight is 311 g/mol. The molecule has 0 aliphatic rings. The van der Waals surface area contributed by atoms with E-state index in [0.717, 1.165) is 12.2 Å². The SMILES string of the molecule is FC(=C\c1ccc(Cl)cc1)/C(F)=C/c1ccc(Cl)cc1. The van der Waals surface area contributed by atoms with Crippen LogP contribution in [-0.4, -0.2) is 0 Å². The molecular weight excluding hydrogens is 301 g/mol. The van der Waals surface area contributed by atoms with E-state index in [4.69, 9.17) is 23.2 Å². The third-order valence-corrected chi connectivity index (χ3v) is 3.06. The van der Waals surface area contributed by atoms with Crippen LogP contribution in [0.2, 0.25) is 10.0 Å². The highest BCUT2D eigenvalue weighted by molar-refractivity contribution is 6.30. The van der Waals surface area contributed by atoms with E-state index in [1.54, 1.807) is 48.5 Å². The lowest BCUT2D eigenvalue weighted by Crippen LogP contribution is -1.79. The lowest BCUT2D eigenvalue weighted by Gasteiger charge is -1.98. The number of hydrogen-bond donors (Lipinski definition) is 0. The first-order valence-electron chi connectivity index (χ1n) is 5.80. The van der Waals surface area contributed by atoms with Crippen molar-refractivity contribution >= 4 is 35.4 Å². The van der Waals surface area contributed by atoms with Gasteiger partial charge < -0.3 is 0 Å². The fourth-order valence-electron chi connectivity index (χ4n) is 1.55. The van der Waals surface area contributed by atoms with Crippen molar-refractivity contribution in [3.8, 4) is 0 Å². The van der Waals surface area contributed by atoms with Gasteiger partial charge in [-0.3, -0.25) is 0 Å². The van der Waals surface area contributed by atoms with Crippen LogP contribution in [0.15, 0.2) is 60.2 Å². The maximum atomic E-state index is 13.7. The maximum Gasteiger partial charge on any atom is 0.159 e. The number of halogens is 4. The highest BCUT2D eigenvalue weighted by Crippen LogP contribution is 2.21. The fraction of sp³-hybridized carbons (Fsp3) is 0. The summed E-state index contributed by atoms with van der Waals surface area (Å²) in [5, 5.41) is 1.08. The topological polar surface area (TPSA) is 0 Å². The first-order valence-corrected chi connectivity index (χ1v) is 6.56. The van der Waals surface area contributed by atoms with E-state index >= 15 is 0 Å². The van der Waals surface area contributed by atoms with Crippen molar-refractivity contribution in [2.75, 3.05) is 0 Å². The van der Waals surface area contributed by atoms with Crippen LogP contribution in [0.4, 0.5) is 8.78 Å². The molecule has 0 aromatic heterocycles. The van der Waals surface area contributed by atoms with Crippen molar-refractivity contribution in [3.63, 3.8) is 0 Å². The van der Waals surface area contributed by atoms with E-state index in [1.165, 1.54) is 0 Å². The van der Waals surface area contributed by atoms with Gasteiger partial charge in [0.2, 0.25) is 0 Å². The normalized spacial score (nSPS) is 12.6. The average Bonchev–Trinajstić information content (AvgIpc) is 2.44. The van der Waals surface area contributed by atoms with Gasteiger partial charge in [-0.05, 0) is 47.5 Å². The number of hydrogen-bond acceptors (Lipinski definition) is 0. The van der Waals surface area contributed by atoms with Gasteiger partial charge in [0, 0.05) is 10.0 Å². The summed E-state index contributed by atoms with van der Waals surface area (Å²) in [5.74, 6) is -1.88. The van der Waals surface area contributed by atoms with Gasteiger partial charge in [-0.1, -0.05) is 47.5 Å². The van der Waals surface area contributed by atoms with E-state index in [1.807, 2.05) is 0 Å². The molecule has 2 aromatic carbocycles. The zero-order chi connectivity index (χ0) is 14.5. The summed E-state index contributed by atoms with van der Waals surface area (Å²) in [4.78, 5) is 0. The molecule has 0 bridgehead atoms. The molecule has 0 saturated heterocycles. The standard InChI is InChI=1S/C16H10Cl2F2/c17-13-5-1-11(2-6-13)9-15(19)16(20)10-12-3-7-14(18)8-4-12/h1-10H/b15-9-,16-10-. The minimum atomic E-state index is -0.942. The Hall–Kier alpha value is -1.64. The van der Waals surface area contributed by atoms with Crippen molar-refractivity contribution in [3.05, 3.63) is 81.4 Å². The molecule has 2 rings (SSSR count). The third-order valence-electron chi connectivity index (χ3n) is 2.55. The first kappa shape index (κ1) is 14.8. The lowest BCUT2D eigenvalue weighted by atomic mass is 10.1. The third kappa shape index (κ3) is 4.19. The van der Waals surface area contributed by atoms with Gasteiger partial charge in [0.05, 0.1) is 0 Å². The van der Waals surface area contributed by atoms with Crippen molar-refractivity contribution < 1.29 is 8.78 Å². The molecule has 0 aliphatic carbocycles. The summed E-state index contributed by atoms with van der Waals surface area (Å²) >= 11 is 11.4. The Labute approximate surface area is 126 Å². The minimum Gasteiger partial charge on any atom is -0.204 e. The van der Waals surface area contributed by atoms with Crippen LogP contribution >= 0.6 is 23.2 Å². The quantitative estimate of drug-likeness (QED) is 0.582. The maximum absolute atomic E-state index is 13.7. The Balaban J connectivity index is 2.21. The zero-order valence-corrected chi connectivity index (χ0v) is 11.8. The Kier molecular flexibility index (Phi) is 4.94. The second-order valence-corrected chi connectivity index (χ2v) is 4.96. The minimum absolute atomic E-state index is 0.534. The largest absolute Gasteiger partial charge is 0.204 e. The van der Waals surface area contributed by atoms with Gasteiger partial charge in [-0.15, -0.1) is 0 Å². The molecular formula is C16H10Cl2F2. The molecule has 0 radical (unpaired) electrons. The van der Waals surface area contributed by atoms with Gasteiger partial charge in [0.15, 0.2) is 11.7 Å². The summed E-state index contributed by atoms with van der Waals surface area (Å²) in [7, 11) is 0. The van der Waals surface area contributed by atoms with Crippen molar-refractivity contribution in [2.45, 2.75) is 0 Å². The Bertz CT molecular complexity index is 582. The van der Waals surface area contributed by atoms with Crippen LogP contribution in [-0.2, 0) is 0 Å². The number of allylic oxidation sites excluding steroid dienone is 2. The monoisotopic (exact) mass is 310 g/mol. The van der Waals surface area contributed by atoms with Gasteiger partial charge in [-0.25, -0.2) is 8.78 Å². The zero-order valence-electron chi connectivity index (χ0n) is 10.3. The van der Waals surface area contributed by atoms with Crippen molar-refractivity contribution in [1.29, 1.82) is 0 Å². The van der Waals surface area contributed by atoms with E-state index < -0.39 is 11.7 Å². The van der Waals surface area contributed by atoms with Gasteiger partial charge >= 0.3 is 0 Å².